The minimum Gasteiger partial charge on any atom is -0.494 e. The Labute approximate surface area is 101 Å². The molecular weight excluding hydrogens is 256 g/mol. The summed E-state index contributed by atoms with van der Waals surface area (Å²) in [5, 5.41) is 8.62. The lowest BCUT2D eigenvalue weighted by Crippen LogP contribution is -2.08. The van der Waals surface area contributed by atoms with E-state index in [-0.39, 0.29) is 22.9 Å². The molecule has 0 aromatic carbocycles. The molecule has 0 radical (unpaired) electrons. The van der Waals surface area contributed by atoms with Gasteiger partial charge in [0.2, 0.25) is 0 Å². The van der Waals surface area contributed by atoms with Crippen molar-refractivity contribution in [2.24, 2.45) is 0 Å². The van der Waals surface area contributed by atoms with Gasteiger partial charge in [0, 0.05) is 6.20 Å². The molecule has 0 saturated heterocycles. The zero-order valence-electron chi connectivity index (χ0n) is 8.91. The van der Waals surface area contributed by atoms with Crippen LogP contribution in [-0.4, -0.2) is 23.2 Å². The van der Waals surface area contributed by atoms with Crippen molar-refractivity contribution >= 4 is 17.6 Å². The van der Waals surface area contributed by atoms with Crippen molar-refractivity contribution in [2.75, 3.05) is 7.11 Å². The second kappa shape index (κ2) is 5.77. The minimum atomic E-state index is -2.84. The number of carboxylic acid groups (broad SMARTS) is 1. The van der Waals surface area contributed by atoms with Crippen LogP contribution in [0.4, 0.5) is 8.78 Å². The van der Waals surface area contributed by atoms with Gasteiger partial charge in [-0.25, -0.2) is 8.78 Å². The smallest absolute Gasteiger partial charge is 0.307 e. The highest BCUT2D eigenvalue weighted by atomic mass is 35.5. The summed E-state index contributed by atoms with van der Waals surface area (Å²) >= 11 is 5.54. The van der Waals surface area contributed by atoms with Crippen molar-refractivity contribution < 1.29 is 23.4 Å². The van der Waals surface area contributed by atoms with Crippen LogP contribution in [0.15, 0.2) is 6.20 Å². The second-order valence-corrected chi connectivity index (χ2v) is 3.45. The molecule has 1 N–H and O–H groups in total. The van der Waals surface area contributed by atoms with Crippen molar-refractivity contribution in [1.29, 1.82) is 0 Å². The summed E-state index contributed by atoms with van der Waals surface area (Å²) in [4.78, 5) is 14.4. The normalized spacial score (nSPS) is 10.6. The van der Waals surface area contributed by atoms with Crippen molar-refractivity contribution in [3.63, 3.8) is 0 Å². The standard InChI is InChI=1S/C10H10ClF2NO3/c1-17-9-6(3-11)14-4-5(2-7(15)16)8(9)10(12)13/h4,10H,2-3H2,1H3,(H,15,16). The number of pyridine rings is 1. The average molecular weight is 266 g/mol. The Morgan fingerprint density at radius 1 is 1.65 bits per heavy atom. The largest absolute Gasteiger partial charge is 0.494 e. The predicted molar refractivity (Wildman–Crippen MR) is 56.6 cm³/mol. The van der Waals surface area contributed by atoms with Crippen LogP contribution in [0.2, 0.25) is 0 Å². The fraction of sp³-hybridized carbons (Fsp3) is 0.400. The molecule has 94 valence electrons. The van der Waals surface area contributed by atoms with Crippen LogP contribution < -0.4 is 4.74 Å². The zero-order chi connectivity index (χ0) is 13.0. The summed E-state index contributed by atoms with van der Waals surface area (Å²) in [6, 6.07) is 0. The SMILES string of the molecule is COc1c(CCl)ncc(CC(=O)O)c1C(F)F. The molecule has 0 bridgehead atoms. The van der Waals surface area contributed by atoms with Gasteiger partial charge in [0.15, 0.2) is 5.75 Å². The van der Waals surface area contributed by atoms with Gasteiger partial charge >= 0.3 is 5.97 Å². The highest BCUT2D eigenvalue weighted by molar-refractivity contribution is 6.17. The van der Waals surface area contributed by atoms with E-state index in [1.54, 1.807) is 0 Å². The molecule has 17 heavy (non-hydrogen) atoms. The maximum absolute atomic E-state index is 12.9. The monoisotopic (exact) mass is 265 g/mol. The first kappa shape index (κ1) is 13.6. The van der Waals surface area contributed by atoms with Gasteiger partial charge in [-0.2, -0.15) is 0 Å². The zero-order valence-corrected chi connectivity index (χ0v) is 9.67. The highest BCUT2D eigenvalue weighted by Crippen LogP contribution is 2.34. The van der Waals surface area contributed by atoms with Crippen LogP contribution in [0.1, 0.15) is 23.2 Å². The highest BCUT2D eigenvalue weighted by Gasteiger charge is 2.23. The Balaban J connectivity index is 3.36. The van der Waals surface area contributed by atoms with Gasteiger partial charge in [-0.05, 0) is 5.56 Å². The van der Waals surface area contributed by atoms with E-state index in [1.807, 2.05) is 0 Å². The molecule has 4 nitrogen and oxygen atoms in total. The third kappa shape index (κ3) is 3.03. The maximum atomic E-state index is 12.9. The molecule has 0 fully saturated rings. The second-order valence-electron chi connectivity index (χ2n) is 3.18. The average Bonchev–Trinajstić information content (AvgIpc) is 2.26. The molecule has 0 aliphatic rings. The van der Waals surface area contributed by atoms with Crippen LogP contribution in [0.5, 0.6) is 5.75 Å². The van der Waals surface area contributed by atoms with E-state index in [0.29, 0.717) is 0 Å². The Bertz CT molecular complexity index is 426. The summed E-state index contributed by atoms with van der Waals surface area (Å²) in [7, 11) is 1.21. The Morgan fingerprint density at radius 2 is 2.29 bits per heavy atom. The van der Waals surface area contributed by atoms with Gasteiger partial charge in [-0.15, -0.1) is 11.6 Å². The summed E-state index contributed by atoms with van der Waals surface area (Å²) in [6.07, 6.45) is -2.29. The first-order valence-corrected chi connectivity index (χ1v) is 5.15. The van der Waals surface area contributed by atoms with Gasteiger partial charge < -0.3 is 9.84 Å². The van der Waals surface area contributed by atoms with E-state index in [4.69, 9.17) is 21.4 Å². The van der Waals surface area contributed by atoms with Crippen LogP contribution in [-0.2, 0) is 17.1 Å². The molecule has 1 aromatic rings. The molecule has 0 saturated carbocycles. The number of carbonyl (C=O) groups is 1. The van der Waals surface area contributed by atoms with Crippen molar-refractivity contribution in [3.8, 4) is 5.75 Å². The van der Waals surface area contributed by atoms with Gasteiger partial charge in [0.25, 0.3) is 6.43 Å². The summed E-state index contributed by atoms with van der Waals surface area (Å²) in [6.45, 7) is 0. The third-order valence-corrected chi connectivity index (χ3v) is 2.37. The Kier molecular flexibility index (Phi) is 4.62. The lowest BCUT2D eigenvalue weighted by atomic mass is 10.1. The number of hydrogen-bond acceptors (Lipinski definition) is 3. The van der Waals surface area contributed by atoms with E-state index in [1.165, 1.54) is 7.11 Å². The fourth-order valence-corrected chi connectivity index (χ4v) is 1.64. The topological polar surface area (TPSA) is 59.4 Å². The number of nitrogens with zero attached hydrogens (tertiary/aromatic N) is 1. The first-order valence-electron chi connectivity index (χ1n) is 4.61. The summed E-state index contributed by atoms with van der Waals surface area (Å²) in [5.41, 5.74) is -0.364. The number of aliphatic carboxylic acids is 1. The third-order valence-electron chi connectivity index (χ3n) is 2.12. The molecule has 0 spiro atoms. The number of carboxylic acids is 1. The van der Waals surface area contributed by atoms with E-state index >= 15 is 0 Å². The number of alkyl halides is 3. The molecule has 0 atom stereocenters. The van der Waals surface area contributed by atoms with Gasteiger partial charge in [0.1, 0.15) is 0 Å². The summed E-state index contributed by atoms with van der Waals surface area (Å²) in [5.74, 6) is -1.45. The summed E-state index contributed by atoms with van der Waals surface area (Å²) < 4.78 is 30.6. The van der Waals surface area contributed by atoms with Crippen molar-refractivity contribution in [2.45, 2.75) is 18.7 Å². The molecule has 0 amide bonds. The lowest BCUT2D eigenvalue weighted by Gasteiger charge is -2.14. The van der Waals surface area contributed by atoms with Gasteiger partial charge in [-0.1, -0.05) is 0 Å². The molecule has 0 aliphatic heterocycles. The number of halogens is 3. The maximum Gasteiger partial charge on any atom is 0.307 e. The van der Waals surface area contributed by atoms with E-state index in [0.717, 1.165) is 6.20 Å². The van der Waals surface area contributed by atoms with Crippen LogP contribution in [0, 0.1) is 0 Å². The Hall–Kier alpha value is -1.43. The Morgan fingerprint density at radius 3 is 2.71 bits per heavy atom. The van der Waals surface area contributed by atoms with Crippen LogP contribution >= 0.6 is 11.6 Å². The van der Waals surface area contributed by atoms with Crippen LogP contribution in [0.3, 0.4) is 0 Å². The molecular formula is C10H10ClF2NO3. The number of rotatable bonds is 5. The number of methoxy groups -OCH3 is 1. The lowest BCUT2D eigenvalue weighted by molar-refractivity contribution is -0.136. The molecule has 1 aromatic heterocycles. The van der Waals surface area contributed by atoms with Crippen LogP contribution in [0.25, 0.3) is 0 Å². The number of aromatic nitrogens is 1. The van der Waals surface area contributed by atoms with Crippen molar-refractivity contribution in [3.05, 3.63) is 23.0 Å². The number of hydrogen-bond donors (Lipinski definition) is 1. The van der Waals surface area contributed by atoms with Gasteiger partial charge in [0.05, 0.1) is 30.7 Å². The van der Waals surface area contributed by atoms with Crippen molar-refractivity contribution in [1.82, 2.24) is 4.98 Å². The van der Waals surface area contributed by atoms with E-state index < -0.39 is 24.4 Å². The molecule has 1 heterocycles. The quantitative estimate of drug-likeness (QED) is 0.831. The molecule has 1 rings (SSSR count). The molecule has 0 unspecified atom stereocenters. The van der Waals surface area contributed by atoms with E-state index in [2.05, 4.69) is 4.98 Å². The molecule has 0 aliphatic carbocycles. The number of ether oxygens (including phenoxy) is 1. The minimum absolute atomic E-state index is 0.0711. The first-order chi connectivity index (χ1) is 8.01. The van der Waals surface area contributed by atoms with E-state index in [9.17, 15) is 13.6 Å². The van der Waals surface area contributed by atoms with Gasteiger partial charge in [-0.3, -0.25) is 9.78 Å². The molecule has 7 heteroatoms. The fourth-order valence-electron chi connectivity index (χ4n) is 1.45. The predicted octanol–water partition coefficient (Wildman–Crippen LogP) is 2.39.